The van der Waals surface area contributed by atoms with Crippen LogP contribution >= 0.6 is 34.8 Å². The number of hydrogen-bond acceptors (Lipinski definition) is 3. The fourth-order valence-corrected chi connectivity index (χ4v) is 3.65. The molecular formula is C20H16Cl3N3. The zero-order valence-corrected chi connectivity index (χ0v) is 16.2. The van der Waals surface area contributed by atoms with Crippen molar-refractivity contribution >= 4 is 34.8 Å². The largest absolute Gasteiger partial charge is 0.294 e. The first-order chi connectivity index (χ1) is 12.6. The smallest absolute Gasteiger partial charge is 0.159 e. The van der Waals surface area contributed by atoms with Gasteiger partial charge in [-0.3, -0.25) is 4.90 Å². The molecule has 1 aromatic heterocycles. The molecule has 3 aromatic rings. The Morgan fingerprint density at radius 2 is 1.73 bits per heavy atom. The van der Waals surface area contributed by atoms with E-state index in [1.54, 1.807) is 0 Å². The van der Waals surface area contributed by atoms with E-state index in [9.17, 15) is 0 Å². The molecule has 2 aromatic carbocycles. The molecule has 0 spiro atoms. The lowest BCUT2D eigenvalue weighted by Crippen LogP contribution is -2.31. The van der Waals surface area contributed by atoms with Gasteiger partial charge in [0.1, 0.15) is 0 Å². The number of hydrogen-bond donors (Lipinski definition) is 0. The number of aromatic nitrogens is 2. The standard InChI is InChI=1S/C20H16Cl3N3/c21-16-3-1-13(2-4-16)20-24-10-15-12-26(8-7-19(15)25-20)11-14-9-17(22)5-6-18(14)23/h1-6,9-10H,7-8,11-12H2. The fraction of sp³-hybridized carbons (Fsp3) is 0.200. The van der Waals surface area contributed by atoms with E-state index in [1.807, 2.05) is 48.7 Å². The van der Waals surface area contributed by atoms with Gasteiger partial charge in [0.15, 0.2) is 5.82 Å². The van der Waals surface area contributed by atoms with Crippen molar-refractivity contribution in [3.8, 4) is 11.4 Å². The summed E-state index contributed by atoms with van der Waals surface area (Å²) >= 11 is 18.3. The van der Waals surface area contributed by atoms with E-state index in [4.69, 9.17) is 39.8 Å². The molecule has 0 radical (unpaired) electrons. The van der Waals surface area contributed by atoms with Crippen molar-refractivity contribution in [2.24, 2.45) is 0 Å². The topological polar surface area (TPSA) is 29.0 Å². The molecule has 2 heterocycles. The van der Waals surface area contributed by atoms with Crippen molar-refractivity contribution in [1.82, 2.24) is 14.9 Å². The third-order valence-corrected chi connectivity index (χ3v) is 5.37. The average molecular weight is 405 g/mol. The molecule has 3 nitrogen and oxygen atoms in total. The Balaban J connectivity index is 1.52. The highest BCUT2D eigenvalue weighted by Crippen LogP contribution is 2.26. The first-order valence-corrected chi connectivity index (χ1v) is 9.49. The van der Waals surface area contributed by atoms with Crippen molar-refractivity contribution in [2.75, 3.05) is 6.54 Å². The zero-order chi connectivity index (χ0) is 18.1. The van der Waals surface area contributed by atoms with Gasteiger partial charge < -0.3 is 0 Å². The maximum atomic E-state index is 6.30. The summed E-state index contributed by atoms with van der Waals surface area (Å²) in [7, 11) is 0. The molecule has 0 atom stereocenters. The van der Waals surface area contributed by atoms with Crippen LogP contribution in [0.15, 0.2) is 48.7 Å². The Bertz CT molecular complexity index is 942. The summed E-state index contributed by atoms with van der Waals surface area (Å²) in [5, 5.41) is 2.16. The number of fused-ring (bicyclic) bond motifs is 1. The Kier molecular flexibility index (Phi) is 5.14. The van der Waals surface area contributed by atoms with Crippen LogP contribution < -0.4 is 0 Å². The zero-order valence-electron chi connectivity index (χ0n) is 13.9. The number of halogens is 3. The minimum Gasteiger partial charge on any atom is -0.294 e. The van der Waals surface area contributed by atoms with E-state index in [2.05, 4.69) is 9.88 Å². The second-order valence-electron chi connectivity index (χ2n) is 6.37. The summed E-state index contributed by atoms with van der Waals surface area (Å²) in [6.45, 7) is 2.49. The highest BCUT2D eigenvalue weighted by Gasteiger charge is 2.19. The highest BCUT2D eigenvalue weighted by molar-refractivity contribution is 6.33. The fourth-order valence-electron chi connectivity index (χ4n) is 3.15. The molecule has 1 aliphatic rings. The molecule has 0 N–H and O–H groups in total. The summed E-state index contributed by atoms with van der Waals surface area (Å²) in [6, 6.07) is 13.2. The maximum Gasteiger partial charge on any atom is 0.159 e. The molecule has 6 heteroatoms. The molecule has 0 unspecified atom stereocenters. The minimum atomic E-state index is 0.706. The van der Waals surface area contributed by atoms with Crippen molar-refractivity contribution in [3.05, 3.63) is 80.6 Å². The molecule has 4 rings (SSSR count). The molecule has 0 bridgehead atoms. The predicted octanol–water partition coefficient (Wildman–Crippen LogP) is 5.66. The van der Waals surface area contributed by atoms with Gasteiger partial charge in [0, 0.05) is 58.4 Å². The average Bonchev–Trinajstić information content (AvgIpc) is 2.65. The van der Waals surface area contributed by atoms with E-state index in [1.165, 1.54) is 0 Å². The van der Waals surface area contributed by atoms with Gasteiger partial charge >= 0.3 is 0 Å². The molecule has 0 fully saturated rings. The van der Waals surface area contributed by atoms with Gasteiger partial charge in [0.2, 0.25) is 0 Å². The van der Waals surface area contributed by atoms with E-state index in [0.717, 1.165) is 59.3 Å². The lowest BCUT2D eigenvalue weighted by Gasteiger charge is -2.28. The van der Waals surface area contributed by atoms with Gasteiger partial charge in [0.05, 0.1) is 5.69 Å². The van der Waals surface area contributed by atoms with Crippen molar-refractivity contribution in [3.63, 3.8) is 0 Å². The van der Waals surface area contributed by atoms with Crippen LogP contribution in [0.5, 0.6) is 0 Å². The Hall–Kier alpha value is -1.65. The Morgan fingerprint density at radius 3 is 2.54 bits per heavy atom. The Labute approximate surface area is 167 Å². The normalized spacial score (nSPS) is 14.3. The second kappa shape index (κ2) is 7.53. The van der Waals surface area contributed by atoms with Gasteiger partial charge in [-0.2, -0.15) is 0 Å². The first-order valence-electron chi connectivity index (χ1n) is 8.35. The van der Waals surface area contributed by atoms with E-state index in [0.29, 0.717) is 10.0 Å². The summed E-state index contributed by atoms with van der Waals surface area (Å²) in [5.74, 6) is 0.742. The lowest BCUT2D eigenvalue weighted by atomic mass is 10.1. The van der Waals surface area contributed by atoms with Crippen molar-refractivity contribution < 1.29 is 0 Å². The van der Waals surface area contributed by atoms with Gasteiger partial charge in [-0.1, -0.05) is 34.8 Å². The highest BCUT2D eigenvalue weighted by atomic mass is 35.5. The number of rotatable bonds is 3. The minimum absolute atomic E-state index is 0.706. The summed E-state index contributed by atoms with van der Waals surface area (Å²) in [4.78, 5) is 11.6. The second-order valence-corrected chi connectivity index (χ2v) is 7.65. The summed E-state index contributed by atoms with van der Waals surface area (Å²) < 4.78 is 0. The Morgan fingerprint density at radius 1 is 0.962 bits per heavy atom. The third kappa shape index (κ3) is 3.86. The SMILES string of the molecule is Clc1ccc(-c2ncc3c(n2)CCN(Cc2cc(Cl)ccc2Cl)C3)cc1. The first kappa shape index (κ1) is 17.7. The third-order valence-electron chi connectivity index (χ3n) is 4.52. The van der Waals surface area contributed by atoms with Gasteiger partial charge in [-0.15, -0.1) is 0 Å². The van der Waals surface area contributed by atoms with E-state index >= 15 is 0 Å². The van der Waals surface area contributed by atoms with Crippen LogP contribution in [0.1, 0.15) is 16.8 Å². The molecule has 0 amide bonds. The van der Waals surface area contributed by atoms with Gasteiger partial charge in [-0.05, 0) is 48.0 Å². The number of benzene rings is 2. The number of nitrogens with zero attached hydrogens (tertiary/aromatic N) is 3. The van der Waals surface area contributed by atoms with E-state index < -0.39 is 0 Å². The van der Waals surface area contributed by atoms with Crippen LogP contribution in [-0.2, 0) is 19.5 Å². The van der Waals surface area contributed by atoms with Crippen LogP contribution in [0.3, 0.4) is 0 Å². The molecule has 1 aliphatic heterocycles. The lowest BCUT2D eigenvalue weighted by molar-refractivity contribution is 0.243. The van der Waals surface area contributed by atoms with Crippen LogP contribution in [0, 0.1) is 0 Å². The van der Waals surface area contributed by atoms with Crippen LogP contribution in [0.25, 0.3) is 11.4 Å². The molecule has 0 aliphatic carbocycles. The molecule has 26 heavy (non-hydrogen) atoms. The van der Waals surface area contributed by atoms with Crippen LogP contribution in [0.4, 0.5) is 0 Å². The molecule has 132 valence electrons. The predicted molar refractivity (Wildman–Crippen MR) is 107 cm³/mol. The van der Waals surface area contributed by atoms with Crippen LogP contribution in [0.2, 0.25) is 15.1 Å². The quantitative estimate of drug-likeness (QED) is 0.564. The van der Waals surface area contributed by atoms with Crippen LogP contribution in [-0.4, -0.2) is 21.4 Å². The summed E-state index contributed by atoms with van der Waals surface area (Å²) in [6.07, 6.45) is 2.81. The van der Waals surface area contributed by atoms with E-state index in [-0.39, 0.29) is 0 Å². The van der Waals surface area contributed by atoms with Gasteiger partial charge in [-0.25, -0.2) is 9.97 Å². The monoisotopic (exact) mass is 403 g/mol. The van der Waals surface area contributed by atoms with Crippen molar-refractivity contribution in [2.45, 2.75) is 19.5 Å². The van der Waals surface area contributed by atoms with Gasteiger partial charge in [0.25, 0.3) is 0 Å². The molecule has 0 saturated heterocycles. The van der Waals surface area contributed by atoms with Crippen molar-refractivity contribution in [1.29, 1.82) is 0 Å². The molecular weight excluding hydrogens is 389 g/mol. The molecule has 0 saturated carbocycles. The maximum absolute atomic E-state index is 6.30. The summed E-state index contributed by atoms with van der Waals surface area (Å²) in [5.41, 5.74) is 4.29.